The zero-order chi connectivity index (χ0) is 13.8. The van der Waals surface area contributed by atoms with Gasteiger partial charge in [-0.2, -0.15) is 0 Å². The summed E-state index contributed by atoms with van der Waals surface area (Å²) in [5.41, 5.74) is 2.08. The number of aromatic nitrogens is 1. The molecule has 0 saturated heterocycles. The lowest BCUT2D eigenvalue weighted by molar-refractivity contribution is 0.274. The van der Waals surface area contributed by atoms with Crippen LogP contribution in [0.2, 0.25) is 0 Å². The normalized spacial score (nSPS) is 10.5. The number of ether oxygens (including phenoxy) is 1. The van der Waals surface area contributed by atoms with Crippen molar-refractivity contribution in [2.75, 3.05) is 0 Å². The molecule has 0 amide bonds. The Labute approximate surface area is 111 Å². The third-order valence-electron chi connectivity index (χ3n) is 2.84. The van der Waals surface area contributed by atoms with Gasteiger partial charge in [0.25, 0.3) is 0 Å². The smallest absolute Gasteiger partial charge is 0.168 e. The summed E-state index contributed by atoms with van der Waals surface area (Å²) in [4.78, 5) is 4.36. The number of hydrogen-bond acceptors (Lipinski definition) is 3. The number of rotatable bonds is 4. The molecule has 2 rings (SSSR count). The molecule has 0 aliphatic heterocycles. The molecule has 1 heterocycles. The molecule has 1 aromatic carbocycles. The Balaban J connectivity index is 2.41. The average molecular weight is 261 g/mol. The number of pyridine rings is 1. The van der Waals surface area contributed by atoms with Crippen LogP contribution in [0.15, 0.2) is 30.3 Å². The van der Waals surface area contributed by atoms with E-state index in [9.17, 15) is 9.50 Å². The Morgan fingerprint density at radius 1 is 1.26 bits per heavy atom. The third-order valence-corrected chi connectivity index (χ3v) is 2.84. The van der Waals surface area contributed by atoms with Crippen LogP contribution in [-0.2, 0) is 13.0 Å². The zero-order valence-corrected chi connectivity index (χ0v) is 11.0. The molecule has 0 aliphatic carbocycles. The lowest BCUT2D eigenvalue weighted by Crippen LogP contribution is -1.99. The summed E-state index contributed by atoms with van der Waals surface area (Å²) in [7, 11) is 0. The molecular weight excluding hydrogens is 245 g/mol. The first kappa shape index (κ1) is 13.5. The Kier molecular flexibility index (Phi) is 4.12. The largest absolute Gasteiger partial charge is 0.452 e. The van der Waals surface area contributed by atoms with E-state index in [1.807, 2.05) is 19.9 Å². The van der Waals surface area contributed by atoms with E-state index >= 15 is 0 Å². The van der Waals surface area contributed by atoms with Gasteiger partial charge in [-0.05, 0) is 31.5 Å². The van der Waals surface area contributed by atoms with E-state index in [0.717, 1.165) is 11.4 Å². The van der Waals surface area contributed by atoms with Crippen LogP contribution in [0.3, 0.4) is 0 Å². The van der Waals surface area contributed by atoms with Crippen molar-refractivity contribution < 1.29 is 14.2 Å². The van der Waals surface area contributed by atoms with Gasteiger partial charge in [-0.25, -0.2) is 4.39 Å². The Hall–Kier alpha value is -1.94. The number of halogens is 1. The highest BCUT2D eigenvalue weighted by atomic mass is 19.1. The average Bonchev–Trinajstić information content (AvgIpc) is 2.42. The van der Waals surface area contributed by atoms with E-state index in [0.29, 0.717) is 17.7 Å². The summed E-state index contributed by atoms with van der Waals surface area (Å²) in [6.45, 7) is 3.59. The fourth-order valence-corrected chi connectivity index (χ4v) is 1.85. The minimum Gasteiger partial charge on any atom is -0.452 e. The van der Waals surface area contributed by atoms with Gasteiger partial charge in [-0.3, -0.25) is 4.98 Å². The Morgan fingerprint density at radius 2 is 2.05 bits per heavy atom. The number of aryl methyl sites for hydroxylation is 2. The van der Waals surface area contributed by atoms with Gasteiger partial charge in [-0.15, -0.1) is 0 Å². The molecule has 0 spiro atoms. The molecular formula is C15H16FNO2. The molecule has 0 unspecified atom stereocenters. The van der Waals surface area contributed by atoms with E-state index in [1.165, 1.54) is 6.07 Å². The molecule has 0 aliphatic rings. The third kappa shape index (κ3) is 2.90. The van der Waals surface area contributed by atoms with Gasteiger partial charge in [-0.1, -0.05) is 19.1 Å². The fourth-order valence-electron chi connectivity index (χ4n) is 1.85. The standard InChI is InChI=1S/C15H16FNO2/c1-3-13-14(8-7-10(2)17-13)19-15-11(9-18)5-4-6-12(15)16/h4-8,18H,3,9H2,1-2H3. The molecule has 4 heteroatoms. The quantitative estimate of drug-likeness (QED) is 0.917. The van der Waals surface area contributed by atoms with Crippen molar-refractivity contribution >= 4 is 0 Å². The van der Waals surface area contributed by atoms with Crippen LogP contribution in [0.25, 0.3) is 0 Å². The van der Waals surface area contributed by atoms with E-state index in [4.69, 9.17) is 4.74 Å². The van der Waals surface area contributed by atoms with Crippen molar-refractivity contribution in [3.63, 3.8) is 0 Å². The van der Waals surface area contributed by atoms with Gasteiger partial charge < -0.3 is 9.84 Å². The molecule has 1 aromatic heterocycles. The molecule has 0 fully saturated rings. The summed E-state index contributed by atoms with van der Waals surface area (Å²) in [5, 5.41) is 9.23. The molecule has 0 saturated carbocycles. The molecule has 19 heavy (non-hydrogen) atoms. The highest BCUT2D eigenvalue weighted by molar-refractivity contribution is 5.40. The summed E-state index contributed by atoms with van der Waals surface area (Å²) in [6, 6.07) is 8.07. The van der Waals surface area contributed by atoms with Crippen LogP contribution in [0.4, 0.5) is 4.39 Å². The molecule has 0 radical (unpaired) electrons. The number of benzene rings is 1. The summed E-state index contributed by atoms with van der Waals surface area (Å²) < 4.78 is 19.4. The van der Waals surface area contributed by atoms with Crippen LogP contribution < -0.4 is 4.74 Å². The maximum atomic E-state index is 13.8. The van der Waals surface area contributed by atoms with Gasteiger partial charge in [0.05, 0.1) is 12.3 Å². The highest BCUT2D eigenvalue weighted by Gasteiger charge is 2.13. The minimum absolute atomic E-state index is 0.0605. The number of para-hydroxylation sites is 1. The monoisotopic (exact) mass is 261 g/mol. The van der Waals surface area contributed by atoms with Crippen LogP contribution >= 0.6 is 0 Å². The molecule has 0 bridgehead atoms. The topological polar surface area (TPSA) is 42.4 Å². The maximum absolute atomic E-state index is 13.8. The number of nitrogens with zero attached hydrogens (tertiary/aromatic N) is 1. The predicted octanol–water partition coefficient (Wildman–Crippen LogP) is 3.38. The fraction of sp³-hybridized carbons (Fsp3) is 0.267. The first-order chi connectivity index (χ1) is 9.15. The SMILES string of the molecule is CCc1nc(C)ccc1Oc1c(F)cccc1CO. The number of hydrogen-bond donors (Lipinski definition) is 1. The van der Waals surface area contributed by atoms with Crippen LogP contribution in [0.1, 0.15) is 23.9 Å². The Morgan fingerprint density at radius 3 is 2.74 bits per heavy atom. The second-order valence-corrected chi connectivity index (χ2v) is 4.24. The Bertz CT molecular complexity index is 584. The lowest BCUT2D eigenvalue weighted by atomic mass is 10.2. The lowest BCUT2D eigenvalue weighted by Gasteiger charge is -2.13. The molecule has 100 valence electrons. The van der Waals surface area contributed by atoms with Crippen LogP contribution in [-0.4, -0.2) is 10.1 Å². The number of aliphatic hydroxyl groups is 1. The van der Waals surface area contributed by atoms with Crippen molar-refractivity contribution in [1.29, 1.82) is 0 Å². The summed E-state index contributed by atoms with van der Waals surface area (Å²) in [5.74, 6) is 0.0902. The number of aliphatic hydroxyl groups excluding tert-OH is 1. The predicted molar refractivity (Wildman–Crippen MR) is 70.7 cm³/mol. The van der Waals surface area contributed by atoms with E-state index in [-0.39, 0.29) is 12.4 Å². The van der Waals surface area contributed by atoms with Gasteiger partial charge in [0.2, 0.25) is 0 Å². The van der Waals surface area contributed by atoms with Crippen molar-refractivity contribution in [2.24, 2.45) is 0 Å². The maximum Gasteiger partial charge on any atom is 0.168 e. The molecule has 1 N–H and O–H groups in total. The minimum atomic E-state index is -0.492. The van der Waals surface area contributed by atoms with Gasteiger partial charge in [0, 0.05) is 11.3 Å². The van der Waals surface area contributed by atoms with E-state index in [1.54, 1.807) is 18.2 Å². The second-order valence-electron chi connectivity index (χ2n) is 4.24. The van der Waals surface area contributed by atoms with Gasteiger partial charge >= 0.3 is 0 Å². The highest BCUT2D eigenvalue weighted by Crippen LogP contribution is 2.30. The zero-order valence-electron chi connectivity index (χ0n) is 11.0. The van der Waals surface area contributed by atoms with Crippen molar-refractivity contribution in [1.82, 2.24) is 4.98 Å². The van der Waals surface area contributed by atoms with Crippen molar-refractivity contribution in [2.45, 2.75) is 26.9 Å². The van der Waals surface area contributed by atoms with Crippen molar-refractivity contribution in [3.8, 4) is 11.5 Å². The first-order valence-corrected chi connectivity index (χ1v) is 6.18. The first-order valence-electron chi connectivity index (χ1n) is 6.18. The summed E-state index contributed by atoms with van der Waals surface area (Å²) in [6.07, 6.45) is 0.694. The van der Waals surface area contributed by atoms with Gasteiger partial charge in [0.15, 0.2) is 11.6 Å². The van der Waals surface area contributed by atoms with Gasteiger partial charge in [0.1, 0.15) is 5.75 Å². The van der Waals surface area contributed by atoms with E-state index < -0.39 is 5.82 Å². The summed E-state index contributed by atoms with van der Waals surface area (Å²) >= 11 is 0. The molecule has 0 atom stereocenters. The van der Waals surface area contributed by atoms with Crippen molar-refractivity contribution in [3.05, 3.63) is 53.1 Å². The molecule has 3 nitrogen and oxygen atoms in total. The second kappa shape index (κ2) is 5.80. The van der Waals surface area contributed by atoms with Crippen LogP contribution in [0, 0.1) is 12.7 Å². The molecule has 2 aromatic rings. The van der Waals surface area contributed by atoms with Crippen LogP contribution in [0.5, 0.6) is 11.5 Å². The van der Waals surface area contributed by atoms with E-state index in [2.05, 4.69) is 4.98 Å².